The molecule has 0 saturated carbocycles. The van der Waals surface area contributed by atoms with Gasteiger partial charge >= 0.3 is 18.1 Å². The van der Waals surface area contributed by atoms with Crippen molar-refractivity contribution in [2.75, 3.05) is 6.54 Å². The van der Waals surface area contributed by atoms with E-state index < -0.39 is 26.1 Å². The van der Waals surface area contributed by atoms with Crippen LogP contribution in [0.15, 0.2) is 35.1 Å². The van der Waals surface area contributed by atoms with Gasteiger partial charge < -0.3 is 14.6 Å². The van der Waals surface area contributed by atoms with Crippen molar-refractivity contribution in [3.63, 3.8) is 0 Å². The van der Waals surface area contributed by atoms with Crippen LogP contribution in [0.2, 0.25) is 25.2 Å². The fourth-order valence-corrected chi connectivity index (χ4v) is 8.19. The molecule has 1 atom stereocenters. The molecule has 0 radical (unpaired) electrons. The van der Waals surface area contributed by atoms with Crippen molar-refractivity contribution in [2.24, 2.45) is 0 Å². The lowest BCUT2D eigenvalue weighted by atomic mass is 9.90. The lowest BCUT2D eigenvalue weighted by Gasteiger charge is -2.24. The number of ether oxygens (including phenoxy) is 1. The maximum Gasteiger partial charge on any atom is 0.471 e. The number of carbonyl (C=O) groups excluding carboxylic acids is 2. The Kier molecular flexibility index (Phi) is 7.36. The molecule has 0 spiro atoms. The van der Waals surface area contributed by atoms with Crippen molar-refractivity contribution in [2.45, 2.75) is 76.6 Å². The molecule has 1 N–H and O–H groups in total. The van der Waals surface area contributed by atoms with Crippen LogP contribution in [-0.2, 0) is 33.9 Å². The zero-order valence-electron chi connectivity index (χ0n) is 22.8. The molecule has 212 valence electrons. The van der Waals surface area contributed by atoms with Gasteiger partial charge in [-0.2, -0.15) is 13.2 Å². The summed E-state index contributed by atoms with van der Waals surface area (Å²) in [4.78, 5) is 42.1. The Morgan fingerprint density at radius 3 is 2.65 bits per heavy atom. The van der Waals surface area contributed by atoms with Crippen molar-refractivity contribution in [1.29, 1.82) is 0 Å². The maximum atomic E-state index is 13.6. The number of fused-ring (bicyclic) bond motifs is 5. The average Bonchev–Trinajstić information content (AvgIpc) is 3.27. The number of nitrogens with one attached hydrogen (secondary N) is 1. The molecule has 0 saturated heterocycles. The van der Waals surface area contributed by atoms with E-state index in [4.69, 9.17) is 9.72 Å². The van der Waals surface area contributed by atoms with Gasteiger partial charge in [-0.05, 0) is 42.5 Å². The van der Waals surface area contributed by atoms with E-state index in [0.29, 0.717) is 24.9 Å². The lowest BCUT2D eigenvalue weighted by molar-refractivity contribution is -0.173. The minimum atomic E-state index is -4.87. The number of hydrogen-bond acceptors (Lipinski definition) is 5. The van der Waals surface area contributed by atoms with Gasteiger partial charge in [0.1, 0.15) is 6.61 Å². The van der Waals surface area contributed by atoms with E-state index in [9.17, 15) is 27.6 Å². The smallest absolute Gasteiger partial charge is 0.460 e. The zero-order valence-corrected chi connectivity index (χ0v) is 23.8. The monoisotopic (exact) mass is 571 g/mol. The van der Waals surface area contributed by atoms with E-state index in [1.165, 1.54) is 0 Å². The molecule has 11 heteroatoms. The number of aryl methyl sites for hydroxylation is 1. The number of aromatic nitrogens is 2. The molecule has 2 aromatic heterocycles. The largest absolute Gasteiger partial charge is 0.471 e. The van der Waals surface area contributed by atoms with Crippen LogP contribution in [0.3, 0.4) is 0 Å². The Morgan fingerprint density at radius 1 is 1.18 bits per heavy atom. The summed E-state index contributed by atoms with van der Waals surface area (Å²) in [6.45, 7) is 6.68. The fraction of sp³-hybridized carbons (Fsp3) is 0.448. The van der Waals surface area contributed by atoms with Crippen molar-refractivity contribution in [3.8, 4) is 11.4 Å². The van der Waals surface area contributed by atoms with Crippen LogP contribution in [0.1, 0.15) is 47.9 Å². The van der Waals surface area contributed by atoms with Gasteiger partial charge in [-0.15, -0.1) is 0 Å². The van der Waals surface area contributed by atoms with Gasteiger partial charge in [0.2, 0.25) is 0 Å². The minimum absolute atomic E-state index is 0.00375. The summed E-state index contributed by atoms with van der Waals surface area (Å²) >= 11 is 0. The van der Waals surface area contributed by atoms with E-state index in [2.05, 4.69) is 13.1 Å². The summed E-state index contributed by atoms with van der Waals surface area (Å²) in [6, 6.07) is 11.5. The number of amides is 1. The molecule has 7 nitrogen and oxygen atoms in total. The summed E-state index contributed by atoms with van der Waals surface area (Å²) in [5.41, 5.74) is 5.55. The molecule has 40 heavy (non-hydrogen) atoms. The second-order valence-corrected chi connectivity index (χ2v) is 16.7. The first-order chi connectivity index (χ1) is 18.9. The van der Waals surface area contributed by atoms with Gasteiger partial charge in [-0.25, -0.2) is 4.98 Å². The van der Waals surface area contributed by atoms with Crippen LogP contribution in [0.5, 0.6) is 0 Å². The molecule has 1 aromatic carbocycles. The number of benzene rings is 1. The molecule has 4 heterocycles. The Labute approximate surface area is 230 Å². The summed E-state index contributed by atoms with van der Waals surface area (Å²) in [5.74, 6) is -2.68. The third-order valence-corrected chi connectivity index (χ3v) is 11.5. The fourth-order valence-electron chi connectivity index (χ4n) is 5.88. The highest BCUT2D eigenvalue weighted by Crippen LogP contribution is 2.39. The van der Waals surface area contributed by atoms with E-state index in [0.717, 1.165) is 57.5 Å². The van der Waals surface area contributed by atoms with Gasteiger partial charge in [0.05, 0.1) is 34.9 Å². The van der Waals surface area contributed by atoms with Gasteiger partial charge in [0.15, 0.2) is 0 Å². The van der Waals surface area contributed by atoms with Crippen LogP contribution < -0.4 is 10.9 Å². The SMILES string of the molecule is CCC1C(=O)OCc2c1cc1n(c2=O)Cc2c-1nc1ccccc1c2CC[Si](C)(C)CCCNC(=O)C(F)(F)F. The number of nitrogens with zero attached hydrogens (tertiary/aromatic N) is 2. The molecule has 0 fully saturated rings. The molecule has 2 aliphatic rings. The highest BCUT2D eigenvalue weighted by Gasteiger charge is 2.38. The van der Waals surface area contributed by atoms with E-state index in [1.807, 2.05) is 42.6 Å². The number of cyclic esters (lactones) is 1. The quantitative estimate of drug-likeness (QED) is 0.176. The number of para-hydroxylation sites is 1. The lowest BCUT2D eigenvalue weighted by Crippen LogP contribution is -2.38. The van der Waals surface area contributed by atoms with Gasteiger partial charge in [-0.3, -0.25) is 14.4 Å². The number of hydrogen-bond donors (Lipinski definition) is 1. The molecule has 1 amide bonds. The first-order valence-electron chi connectivity index (χ1n) is 13.6. The Balaban J connectivity index is 1.43. The topological polar surface area (TPSA) is 90.3 Å². The first kappa shape index (κ1) is 28.1. The first-order valence-corrected chi connectivity index (χ1v) is 17.0. The van der Waals surface area contributed by atoms with Gasteiger partial charge in [0.25, 0.3) is 5.56 Å². The van der Waals surface area contributed by atoms with E-state index >= 15 is 0 Å². The highest BCUT2D eigenvalue weighted by atomic mass is 28.3. The summed E-state index contributed by atoms with van der Waals surface area (Å²) in [7, 11) is -1.83. The van der Waals surface area contributed by atoms with E-state index in [-0.39, 0.29) is 24.7 Å². The van der Waals surface area contributed by atoms with Crippen molar-refractivity contribution < 1.29 is 27.5 Å². The number of alkyl halides is 3. The Hall–Kier alpha value is -3.47. The Bertz CT molecular complexity index is 1560. The summed E-state index contributed by atoms with van der Waals surface area (Å²) < 4.78 is 44.5. The highest BCUT2D eigenvalue weighted by molar-refractivity contribution is 6.77. The minimum Gasteiger partial charge on any atom is -0.460 e. The number of halogens is 3. The molecule has 5 rings (SSSR count). The van der Waals surface area contributed by atoms with Crippen molar-refractivity contribution in [3.05, 3.63) is 62.9 Å². The van der Waals surface area contributed by atoms with Crippen molar-refractivity contribution >= 4 is 30.9 Å². The summed E-state index contributed by atoms with van der Waals surface area (Å²) in [6.07, 6.45) is -3.09. The number of carbonyl (C=O) groups is 2. The van der Waals surface area contributed by atoms with Crippen LogP contribution in [0, 0.1) is 0 Å². The normalized spacial score (nSPS) is 16.4. The molecule has 1 unspecified atom stereocenters. The average molecular weight is 572 g/mol. The zero-order chi connectivity index (χ0) is 28.8. The van der Waals surface area contributed by atoms with E-state index in [1.54, 1.807) is 4.57 Å². The molecular weight excluding hydrogens is 539 g/mol. The molecule has 0 aliphatic carbocycles. The third kappa shape index (κ3) is 5.18. The second kappa shape index (κ2) is 10.5. The van der Waals surface area contributed by atoms with Gasteiger partial charge in [0, 0.05) is 25.6 Å². The molecule has 2 aliphatic heterocycles. The standard InChI is InChI=1S/C29H32F3N3O4Si/c1-4-17-20-14-24-25-21(15-35(24)26(36)22(20)16-39-27(17)37)18(19-8-5-6-9-23(19)34-25)10-13-40(2,3)12-7-11-33-28(38)29(30,31)32/h5-6,8-9,14,17H,4,7,10-13,15-16H2,1-3H3,(H,33,38). The van der Waals surface area contributed by atoms with Crippen LogP contribution in [0.25, 0.3) is 22.3 Å². The Morgan fingerprint density at radius 2 is 1.93 bits per heavy atom. The number of pyridine rings is 2. The van der Waals surface area contributed by atoms with Crippen LogP contribution in [-0.4, -0.2) is 42.2 Å². The predicted molar refractivity (Wildman–Crippen MR) is 148 cm³/mol. The number of esters is 1. The summed E-state index contributed by atoms with van der Waals surface area (Å²) in [5, 5.41) is 2.99. The van der Waals surface area contributed by atoms with Crippen LogP contribution >= 0.6 is 0 Å². The van der Waals surface area contributed by atoms with Crippen molar-refractivity contribution in [1.82, 2.24) is 14.9 Å². The third-order valence-electron chi connectivity index (χ3n) is 8.16. The predicted octanol–water partition coefficient (Wildman–Crippen LogP) is 5.30. The second-order valence-electron chi connectivity index (χ2n) is 11.4. The molecule has 3 aromatic rings. The maximum absolute atomic E-state index is 13.6. The number of rotatable bonds is 8. The van der Waals surface area contributed by atoms with Crippen LogP contribution in [0.4, 0.5) is 13.2 Å². The molecule has 0 bridgehead atoms. The molecular formula is C29H32F3N3O4Si. The van der Waals surface area contributed by atoms with Gasteiger partial charge in [-0.1, -0.05) is 50.3 Å².